The van der Waals surface area contributed by atoms with Crippen molar-refractivity contribution < 1.29 is 4.74 Å². The standard InChI is InChI=1S/C19H15N5O/c1-2-7-18-15(5-1)9-10-16(20-18)13-25-17-6-3-4-14(12-17)8-11-19-21-23-24-22-19/h1-12H,13H2,(H,21,22,23,24). The number of nitrogens with one attached hydrogen (secondary N) is 1. The Balaban J connectivity index is 1.46. The van der Waals surface area contributed by atoms with Gasteiger partial charge < -0.3 is 4.74 Å². The number of hydrogen-bond donors (Lipinski definition) is 1. The molecule has 2 heterocycles. The molecule has 0 unspecified atom stereocenters. The largest absolute Gasteiger partial charge is 0.487 e. The van der Waals surface area contributed by atoms with Crippen LogP contribution in [0, 0.1) is 0 Å². The molecule has 4 aromatic rings. The van der Waals surface area contributed by atoms with Gasteiger partial charge in [0.25, 0.3) is 0 Å². The van der Waals surface area contributed by atoms with E-state index in [9.17, 15) is 0 Å². The number of rotatable bonds is 5. The van der Waals surface area contributed by atoms with Crippen LogP contribution in [0.25, 0.3) is 23.1 Å². The minimum Gasteiger partial charge on any atom is -0.487 e. The van der Waals surface area contributed by atoms with Crippen molar-refractivity contribution in [1.82, 2.24) is 25.6 Å². The highest BCUT2D eigenvalue weighted by Gasteiger charge is 2.01. The Morgan fingerprint density at radius 3 is 2.84 bits per heavy atom. The van der Waals surface area contributed by atoms with Crippen molar-refractivity contribution in [1.29, 1.82) is 0 Å². The first-order chi connectivity index (χ1) is 12.4. The van der Waals surface area contributed by atoms with Crippen molar-refractivity contribution in [3.05, 3.63) is 77.7 Å². The first-order valence-corrected chi connectivity index (χ1v) is 7.86. The third-order valence-electron chi connectivity index (χ3n) is 3.69. The van der Waals surface area contributed by atoms with Crippen LogP contribution in [-0.2, 0) is 6.61 Å². The van der Waals surface area contributed by atoms with Gasteiger partial charge in [-0.2, -0.15) is 5.21 Å². The molecule has 4 rings (SSSR count). The van der Waals surface area contributed by atoms with Crippen molar-refractivity contribution in [3.8, 4) is 5.75 Å². The molecule has 6 nitrogen and oxygen atoms in total. The van der Waals surface area contributed by atoms with Crippen LogP contribution in [0.5, 0.6) is 5.75 Å². The molecule has 0 fully saturated rings. The van der Waals surface area contributed by atoms with Crippen molar-refractivity contribution in [2.24, 2.45) is 0 Å². The number of aromatic amines is 1. The van der Waals surface area contributed by atoms with Crippen LogP contribution in [0.1, 0.15) is 17.1 Å². The van der Waals surface area contributed by atoms with Gasteiger partial charge in [0.1, 0.15) is 12.4 Å². The molecule has 0 spiro atoms. The highest BCUT2D eigenvalue weighted by Crippen LogP contribution is 2.17. The third kappa shape index (κ3) is 3.69. The maximum absolute atomic E-state index is 5.87. The van der Waals surface area contributed by atoms with E-state index in [1.807, 2.05) is 60.7 Å². The fourth-order valence-corrected chi connectivity index (χ4v) is 2.46. The summed E-state index contributed by atoms with van der Waals surface area (Å²) in [7, 11) is 0. The van der Waals surface area contributed by atoms with Crippen LogP contribution in [-0.4, -0.2) is 25.6 Å². The molecule has 0 aliphatic heterocycles. The molecular formula is C19H15N5O. The summed E-state index contributed by atoms with van der Waals surface area (Å²) in [5.74, 6) is 1.32. The van der Waals surface area contributed by atoms with Crippen molar-refractivity contribution in [3.63, 3.8) is 0 Å². The van der Waals surface area contributed by atoms with Crippen molar-refractivity contribution in [2.75, 3.05) is 0 Å². The molecule has 1 N–H and O–H groups in total. The molecule has 0 atom stereocenters. The highest BCUT2D eigenvalue weighted by atomic mass is 16.5. The minimum absolute atomic E-state index is 0.419. The number of para-hydroxylation sites is 1. The summed E-state index contributed by atoms with van der Waals surface area (Å²) in [6.07, 6.45) is 3.69. The summed E-state index contributed by atoms with van der Waals surface area (Å²) >= 11 is 0. The third-order valence-corrected chi connectivity index (χ3v) is 3.69. The van der Waals surface area contributed by atoms with E-state index in [-0.39, 0.29) is 0 Å². The van der Waals surface area contributed by atoms with Crippen molar-refractivity contribution in [2.45, 2.75) is 6.61 Å². The van der Waals surface area contributed by atoms with Gasteiger partial charge in [-0.05, 0) is 41.1 Å². The van der Waals surface area contributed by atoms with Gasteiger partial charge in [-0.1, -0.05) is 42.5 Å². The molecule has 25 heavy (non-hydrogen) atoms. The van der Waals surface area contributed by atoms with E-state index in [0.29, 0.717) is 12.4 Å². The fraction of sp³-hybridized carbons (Fsp3) is 0.0526. The average Bonchev–Trinajstić information content (AvgIpc) is 3.19. The SMILES string of the molecule is C(=Cc1nn[nH]n1)c1cccc(OCc2ccc3ccccc3n2)c1. The van der Waals surface area contributed by atoms with Gasteiger partial charge in [0.2, 0.25) is 0 Å². The average molecular weight is 329 g/mol. The first-order valence-electron chi connectivity index (χ1n) is 7.86. The zero-order valence-corrected chi connectivity index (χ0v) is 13.3. The van der Waals surface area contributed by atoms with Crippen LogP contribution < -0.4 is 4.74 Å². The quantitative estimate of drug-likeness (QED) is 0.606. The Bertz CT molecular complexity index is 1010. The van der Waals surface area contributed by atoms with Crippen LogP contribution in [0.4, 0.5) is 0 Å². The Kier molecular flexibility index (Phi) is 4.16. The molecule has 122 valence electrons. The minimum atomic E-state index is 0.419. The summed E-state index contributed by atoms with van der Waals surface area (Å²) in [6, 6.07) is 19.9. The van der Waals surface area contributed by atoms with Crippen LogP contribution in [0.15, 0.2) is 60.7 Å². The van der Waals surface area contributed by atoms with Crippen molar-refractivity contribution >= 4 is 23.1 Å². The second kappa shape index (κ2) is 6.92. The maximum Gasteiger partial charge on any atom is 0.197 e. The topological polar surface area (TPSA) is 76.6 Å². The Labute approximate surface area is 144 Å². The number of benzene rings is 2. The molecule has 0 bridgehead atoms. The predicted octanol–water partition coefficient (Wildman–Crippen LogP) is 3.50. The van der Waals surface area contributed by atoms with Gasteiger partial charge in [0, 0.05) is 5.39 Å². The molecule has 2 aromatic carbocycles. The van der Waals surface area contributed by atoms with Gasteiger partial charge in [-0.3, -0.25) is 0 Å². The number of H-pyrrole nitrogens is 1. The zero-order valence-electron chi connectivity index (χ0n) is 13.3. The maximum atomic E-state index is 5.87. The van der Waals surface area contributed by atoms with Crippen LogP contribution >= 0.6 is 0 Å². The van der Waals surface area contributed by atoms with Gasteiger partial charge in [0.15, 0.2) is 5.82 Å². The van der Waals surface area contributed by atoms with Crippen LogP contribution in [0.2, 0.25) is 0 Å². The number of tetrazole rings is 1. The van der Waals surface area contributed by atoms with E-state index in [1.165, 1.54) is 0 Å². The number of nitrogens with zero attached hydrogens (tertiary/aromatic N) is 4. The lowest BCUT2D eigenvalue weighted by molar-refractivity contribution is 0.302. The Hall–Kier alpha value is -3.54. The number of fused-ring (bicyclic) bond motifs is 1. The number of hydrogen-bond acceptors (Lipinski definition) is 5. The van der Waals surface area contributed by atoms with E-state index >= 15 is 0 Å². The molecular weight excluding hydrogens is 314 g/mol. The number of pyridine rings is 1. The van der Waals surface area contributed by atoms with E-state index in [1.54, 1.807) is 6.08 Å². The van der Waals surface area contributed by atoms with Gasteiger partial charge in [-0.15, -0.1) is 10.2 Å². The fourth-order valence-electron chi connectivity index (χ4n) is 2.46. The van der Waals surface area contributed by atoms with E-state index in [2.05, 4.69) is 31.7 Å². The van der Waals surface area contributed by atoms with Gasteiger partial charge in [-0.25, -0.2) is 4.98 Å². The van der Waals surface area contributed by atoms with Gasteiger partial charge in [0.05, 0.1) is 11.2 Å². The second-order valence-corrected chi connectivity index (χ2v) is 5.46. The van der Waals surface area contributed by atoms with Crippen LogP contribution in [0.3, 0.4) is 0 Å². The summed E-state index contributed by atoms with van der Waals surface area (Å²) in [4.78, 5) is 4.62. The molecule has 0 aliphatic carbocycles. The smallest absolute Gasteiger partial charge is 0.197 e. The number of ether oxygens (including phenoxy) is 1. The van der Waals surface area contributed by atoms with E-state index in [4.69, 9.17) is 4.74 Å². The molecule has 0 saturated carbocycles. The summed E-state index contributed by atoms with van der Waals surface area (Å²) in [6.45, 7) is 0.419. The molecule has 0 aliphatic rings. The lowest BCUT2D eigenvalue weighted by atomic mass is 10.2. The van der Waals surface area contributed by atoms with E-state index in [0.717, 1.165) is 27.9 Å². The summed E-state index contributed by atoms with van der Waals surface area (Å²) < 4.78 is 5.87. The molecule has 2 aromatic heterocycles. The summed E-state index contributed by atoms with van der Waals surface area (Å²) in [5.41, 5.74) is 2.86. The monoisotopic (exact) mass is 329 g/mol. The van der Waals surface area contributed by atoms with E-state index < -0.39 is 0 Å². The molecule has 0 radical (unpaired) electrons. The number of aromatic nitrogens is 5. The molecule has 0 saturated heterocycles. The summed E-state index contributed by atoms with van der Waals surface area (Å²) in [5, 5.41) is 14.8. The second-order valence-electron chi connectivity index (χ2n) is 5.46. The lowest BCUT2D eigenvalue weighted by Gasteiger charge is -2.07. The Morgan fingerprint density at radius 2 is 1.92 bits per heavy atom. The first kappa shape index (κ1) is 15.0. The predicted molar refractivity (Wildman–Crippen MR) is 95.6 cm³/mol. The normalized spacial score (nSPS) is 11.2. The highest BCUT2D eigenvalue weighted by molar-refractivity contribution is 5.78. The molecule has 0 amide bonds. The lowest BCUT2D eigenvalue weighted by Crippen LogP contribution is -1.98. The zero-order chi connectivity index (χ0) is 16.9. The Morgan fingerprint density at radius 1 is 0.960 bits per heavy atom. The molecule has 6 heteroatoms. The van der Waals surface area contributed by atoms with Gasteiger partial charge >= 0.3 is 0 Å².